The number of carbonyl (C=O) groups is 1. The minimum atomic E-state index is -4.58. The topological polar surface area (TPSA) is 26.3 Å². The molecule has 0 radical (unpaired) electrons. The minimum absolute atomic E-state index is 0.0274. The molecule has 0 N–H and O–H groups in total. The second-order valence-electron chi connectivity index (χ2n) is 3.64. The molecule has 0 atom stereocenters. The zero-order valence-corrected chi connectivity index (χ0v) is 8.65. The van der Waals surface area contributed by atoms with Crippen molar-refractivity contribution in [2.75, 3.05) is 0 Å². The standard InChI is InChI=1S/C10H13F3O2/c1-3-9(4-2)6-7(14)5-8(15-9)10(11,12)13/h5H,3-4,6H2,1-2H3. The van der Waals surface area contributed by atoms with Crippen LogP contribution in [0.3, 0.4) is 0 Å². The monoisotopic (exact) mass is 222 g/mol. The molecule has 0 unspecified atom stereocenters. The summed E-state index contributed by atoms with van der Waals surface area (Å²) in [6.07, 6.45) is -3.22. The Morgan fingerprint density at radius 2 is 1.93 bits per heavy atom. The van der Waals surface area contributed by atoms with Gasteiger partial charge in [0.1, 0.15) is 5.60 Å². The van der Waals surface area contributed by atoms with Crippen molar-refractivity contribution >= 4 is 5.78 Å². The van der Waals surface area contributed by atoms with Crippen molar-refractivity contribution in [3.05, 3.63) is 11.8 Å². The summed E-state index contributed by atoms with van der Waals surface area (Å²) in [5.41, 5.74) is -0.976. The van der Waals surface area contributed by atoms with Crippen molar-refractivity contribution in [3.63, 3.8) is 0 Å². The fourth-order valence-electron chi connectivity index (χ4n) is 1.60. The van der Waals surface area contributed by atoms with Crippen molar-refractivity contribution < 1.29 is 22.7 Å². The van der Waals surface area contributed by atoms with Crippen LogP contribution in [0.2, 0.25) is 0 Å². The molecule has 0 fully saturated rings. The van der Waals surface area contributed by atoms with Gasteiger partial charge in [0.25, 0.3) is 0 Å². The van der Waals surface area contributed by atoms with Crippen LogP contribution in [0.5, 0.6) is 0 Å². The Hall–Kier alpha value is -1.00. The quantitative estimate of drug-likeness (QED) is 0.718. The van der Waals surface area contributed by atoms with Crippen LogP contribution in [0.25, 0.3) is 0 Å². The van der Waals surface area contributed by atoms with E-state index < -0.39 is 23.3 Å². The predicted octanol–water partition coefficient (Wildman–Crippen LogP) is 2.98. The van der Waals surface area contributed by atoms with Gasteiger partial charge in [-0.3, -0.25) is 4.79 Å². The summed E-state index contributed by atoms with van der Waals surface area (Å²) in [6, 6.07) is 0. The summed E-state index contributed by atoms with van der Waals surface area (Å²) in [5.74, 6) is -1.68. The molecule has 2 nitrogen and oxygen atoms in total. The highest BCUT2D eigenvalue weighted by Crippen LogP contribution is 2.38. The van der Waals surface area contributed by atoms with E-state index in [1.807, 2.05) is 0 Å². The molecule has 0 saturated heterocycles. The Morgan fingerprint density at radius 1 is 1.40 bits per heavy atom. The Labute approximate surface area is 86.1 Å². The lowest BCUT2D eigenvalue weighted by Crippen LogP contribution is -2.39. The SMILES string of the molecule is CCC1(CC)CC(=O)C=C(C(F)(F)F)O1. The summed E-state index contributed by atoms with van der Waals surface area (Å²) < 4.78 is 42.1. The predicted molar refractivity (Wildman–Crippen MR) is 48.2 cm³/mol. The number of alkyl halides is 3. The first-order valence-electron chi connectivity index (χ1n) is 4.84. The molecule has 0 spiro atoms. The first-order chi connectivity index (χ1) is 6.83. The van der Waals surface area contributed by atoms with E-state index in [0.29, 0.717) is 18.9 Å². The summed E-state index contributed by atoms with van der Waals surface area (Å²) in [4.78, 5) is 11.2. The summed E-state index contributed by atoms with van der Waals surface area (Å²) in [6.45, 7) is 3.44. The van der Waals surface area contributed by atoms with Crippen LogP contribution < -0.4 is 0 Å². The summed E-state index contributed by atoms with van der Waals surface area (Å²) in [7, 11) is 0. The molecule has 0 amide bonds. The number of carbonyl (C=O) groups excluding carboxylic acids is 1. The fraction of sp³-hybridized carbons (Fsp3) is 0.700. The van der Waals surface area contributed by atoms with Gasteiger partial charge >= 0.3 is 6.18 Å². The van der Waals surface area contributed by atoms with E-state index in [1.54, 1.807) is 13.8 Å². The Balaban J connectivity index is 2.99. The third-order valence-corrected chi connectivity index (χ3v) is 2.68. The molecular weight excluding hydrogens is 209 g/mol. The normalized spacial score (nSPS) is 20.9. The number of ketones is 1. The van der Waals surface area contributed by atoms with E-state index in [2.05, 4.69) is 0 Å². The summed E-state index contributed by atoms with van der Waals surface area (Å²) in [5, 5.41) is 0. The second-order valence-corrected chi connectivity index (χ2v) is 3.64. The van der Waals surface area contributed by atoms with Gasteiger partial charge in [0, 0.05) is 6.08 Å². The lowest BCUT2D eigenvalue weighted by atomic mass is 9.89. The van der Waals surface area contributed by atoms with Crippen molar-refractivity contribution in [2.45, 2.75) is 44.9 Å². The number of allylic oxidation sites excluding steroid dienone is 2. The van der Waals surface area contributed by atoms with Crippen molar-refractivity contribution in [2.24, 2.45) is 0 Å². The third kappa shape index (κ3) is 2.52. The lowest BCUT2D eigenvalue weighted by molar-refractivity contribution is -0.169. The highest BCUT2D eigenvalue weighted by atomic mass is 19.4. The second kappa shape index (κ2) is 3.87. The van der Waals surface area contributed by atoms with Crippen molar-refractivity contribution in [1.82, 2.24) is 0 Å². The van der Waals surface area contributed by atoms with Gasteiger partial charge in [-0.15, -0.1) is 0 Å². The molecule has 0 aromatic rings. The maximum atomic E-state index is 12.4. The smallest absolute Gasteiger partial charge is 0.449 e. The number of halogens is 3. The number of hydrogen-bond donors (Lipinski definition) is 0. The Kier molecular flexibility index (Phi) is 3.11. The number of rotatable bonds is 2. The molecule has 0 aliphatic carbocycles. The van der Waals surface area contributed by atoms with Crippen LogP contribution in [0.15, 0.2) is 11.8 Å². The largest absolute Gasteiger partial charge is 0.482 e. The minimum Gasteiger partial charge on any atom is -0.482 e. The molecule has 0 saturated carbocycles. The van der Waals surface area contributed by atoms with E-state index in [1.165, 1.54) is 0 Å². The van der Waals surface area contributed by atoms with E-state index in [0.717, 1.165) is 0 Å². The van der Waals surface area contributed by atoms with Crippen LogP contribution in [0.1, 0.15) is 33.1 Å². The van der Waals surface area contributed by atoms with Gasteiger partial charge in [-0.05, 0) is 12.8 Å². The zero-order chi connectivity index (χ0) is 11.7. The van der Waals surface area contributed by atoms with Crippen LogP contribution in [-0.2, 0) is 9.53 Å². The van der Waals surface area contributed by atoms with Crippen LogP contribution in [0, 0.1) is 0 Å². The van der Waals surface area contributed by atoms with Crippen molar-refractivity contribution in [3.8, 4) is 0 Å². The van der Waals surface area contributed by atoms with Crippen LogP contribution in [-0.4, -0.2) is 17.6 Å². The van der Waals surface area contributed by atoms with E-state index in [4.69, 9.17) is 4.74 Å². The molecule has 1 aliphatic rings. The van der Waals surface area contributed by atoms with E-state index in [-0.39, 0.29) is 6.42 Å². The maximum absolute atomic E-state index is 12.4. The number of hydrogen-bond acceptors (Lipinski definition) is 2. The van der Waals surface area contributed by atoms with E-state index in [9.17, 15) is 18.0 Å². The molecule has 86 valence electrons. The first kappa shape index (κ1) is 12.1. The third-order valence-electron chi connectivity index (χ3n) is 2.68. The van der Waals surface area contributed by atoms with Gasteiger partial charge in [-0.2, -0.15) is 13.2 Å². The average Bonchev–Trinajstić information content (AvgIpc) is 2.15. The zero-order valence-electron chi connectivity index (χ0n) is 8.65. The first-order valence-corrected chi connectivity index (χ1v) is 4.84. The molecule has 0 bridgehead atoms. The van der Waals surface area contributed by atoms with Gasteiger partial charge < -0.3 is 4.74 Å². The fourth-order valence-corrected chi connectivity index (χ4v) is 1.60. The molecular formula is C10H13F3O2. The molecule has 1 rings (SSSR count). The maximum Gasteiger partial charge on any atom is 0.449 e. The Bertz CT molecular complexity index is 288. The van der Waals surface area contributed by atoms with Crippen molar-refractivity contribution in [1.29, 1.82) is 0 Å². The Morgan fingerprint density at radius 3 is 2.33 bits per heavy atom. The number of ether oxygens (including phenoxy) is 1. The molecule has 5 heteroatoms. The molecule has 15 heavy (non-hydrogen) atoms. The van der Waals surface area contributed by atoms with Crippen LogP contribution in [0.4, 0.5) is 13.2 Å². The van der Waals surface area contributed by atoms with Gasteiger partial charge in [-0.1, -0.05) is 13.8 Å². The van der Waals surface area contributed by atoms with E-state index >= 15 is 0 Å². The molecule has 1 aliphatic heterocycles. The molecule has 0 aromatic heterocycles. The van der Waals surface area contributed by atoms with Gasteiger partial charge in [0.05, 0.1) is 6.42 Å². The van der Waals surface area contributed by atoms with Gasteiger partial charge in [0.2, 0.25) is 5.76 Å². The lowest BCUT2D eigenvalue weighted by Gasteiger charge is -2.36. The highest BCUT2D eigenvalue weighted by Gasteiger charge is 2.45. The molecule has 1 heterocycles. The summed E-state index contributed by atoms with van der Waals surface area (Å²) >= 11 is 0. The van der Waals surface area contributed by atoms with Gasteiger partial charge in [0.15, 0.2) is 5.78 Å². The van der Waals surface area contributed by atoms with Crippen LogP contribution >= 0.6 is 0 Å². The average molecular weight is 222 g/mol. The molecule has 0 aromatic carbocycles. The highest BCUT2D eigenvalue weighted by molar-refractivity contribution is 5.91. The van der Waals surface area contributed by atoms with Gasteiger partial charge in [-0.25, -0.2) is 0 Å².